The van der Waals surface area contributed by atoms with E-state index >= 15 is 0 Å². The highest BCUT2D eigenvalue weighted by Gasteiger charge is 2.26. The molecule has 0 radical (unpaired) electrons. The predicted molar refractivity (Wildman–Crippen MR) is 239 cm³/mol. The zero-order valence-electron chi connectivity index (χ0n) is 35.9. The van der Waals surface area contributed by atoms with Gasteiger partial charge in [0.2, 0.25) is 12.3 Å². The summed E-state index contributed by atoms with van der Waals surface area (Å²) in [4.78, 5) is 63.7. The number of aryl methyl sites for hydroxylation is 1. The monoisotopic (exact) mass is 835 g/mol. The quantitative estimate of drug-likeness (QED) is 0.104. The predicted octanol–water partition coefficient (Wildman–Crippen LogP) is 6.32. The average Bonchev–Trinajstić information content (AvgIpc) is 4.07. The molecule has 6 heterocycles. The molecule has 320 valence electrons. The Hall–Kier alpha value is -6.74. The summed E-state index contributed by atoms with van der Waals surface area (Å²) in [6, 6.07) is 20.9. The maximum absolute atomic E-state index is 12.7. The lowest BCUT2D eigenvalue weighted by molar-refractivity contribution is -0.125. The maximum Gasteiger partial charge on any atom is 0.315 e. The highest BCUT2D eigenvalue weighted by Crippen LogP contribution is 2.32. The van der Waals surface area contributed by atoms with Gasteiger partial charge in [-0.2, -0.15) is 4.98 Å². The van der Waals surface area contributed by atoms with Crippen LogP contribution in [-0.4, -0.2) is 99.5 Å². The molecule has 6 aromatic rings. The number of nitrogens with one attached hydrogen (secondary N) is 3. The average molecular weight is 836 g/mol. The maximum atomic E-state index is 12.7. The largest absolute Gasteiger partial charge is 0.374 e. The first-order valence-electron chi connectivity index (χ1n) is 21.1. The lowest BCUT2D eigenvalue weighted by Crippen LogP contribution is -2.38. The molecule has 1 saturated heterocycles. The van der Waals surface area contributed by atoms with Crippen molar-refractivity contribution < 1.29 is 18.9 Å². The van der Waals surface area contributed by atoms with Gasteiger partial charge in [-0.1, -0.05) is 44.1 Å². The van der Waals surface area contributed by atoms with E-state index in [1.165, 1.54) is 11.3 Å². The number of amides is 3. The Morgan fingerprint density at radius 1 is 1.00 bits per heavy atom. The first-order valence-corrected chi connectivity index (χ1v) is 21.1. The molecule has 0 atom stereocenters. The summed E-state index contributed by atoms with van der Waals surface area (Å²) in [5.41, 5.74) is 10.6. The second-order valence-electron chi connectivity index (χ2n) is 17.3. The standard InChI is InChI=1S/C47H53N11O4/c1-30-22-32(6-7-33(30)24-49-44(61)45-54-46(55-62-45)47(2,3)4)42-38-23-40(53-43(38)51-28-50-42)34-8-13-39(48-25-34)35-16-19-57(27-35)26-31-14-20-58(21-15-31)37-11-9-36(10-12-37)56(5)18-17-41(60)52-29-59/h6-13,16,22-23,25,28-29,31H,14-15,17-21,24,26-27H2,1-5H3,(H,49,61)(H,50,51,53)(H,52,59,60). The molecule has 2 aliphatic heterocycles. The van der Waals surface area contributed by atoms with Crippen LogP contribution in [0.5, 0.6) is 0 Å². The minimum Gasteiger partial charge on any atom is -0.374 e. The van der Waals surface area contributed by atoms with Crippen LogP contribution in [0, 0.1) is 12.8 Å². The molecule has 62 heavy (non-hydrogen) atoms. The molecule has 0 unspecified atom stereocenters. The summed E-state index contributed by atoms with van der Waals surface area (Å²) in [6.45, 7) is 13.7. The van der Waals surface area contributed by atoms with Crippen LogP contribution < -0.4 is 20.4 Å². The van der Waals surface area contributed by atoms with Gasteiger partial charge in [0, 0.05) is 104 Å². The van der Waals surface area contributed by atoms with Crippen LogP contribution >= 0.6 is 0 Å². The number of piperidine rings is 1. The topological polar surface area (TPSA) is 178 Å². The third-order valence-corrected chi connectivity index (χ3v) is 11.8. The molecule has 15 heteroatoms. The second kappa shape index (κ2) is 18.1. The third kappa shape index (κ3) is 9.57. The number of aromatic nitrogens is 6. The number of benzene rings is 2. The van der Waals surface area contributed by atoms with Crippen molar-refractivity contribution >= 4 is 46.2 Å². The molecular weight excluding hydrogens is 783 g/mol. The van der Waals surface area contributed by atoms with Crippen molar-refractivity contribution in [2.75, 3.05) is 56.1 Å². The number of pyridine rings is 1. The summed E-state index contributed by atoms with van der Waals surface area (Å²) in [5.74, 6) is 0.401. The summed E-state index contributed by atoms with van der Waals surface area (Å²) >= 11 is 0. The van der Waals surface area contributed by atoms with E-state index in [2.05, 4.69) is 100 Å². The Morgan fingerprint density at radius 2 is 1.79 bits per heavy atom. The summed E-state index contributed by atoms with van der Waals surface area (Å²) < 4.78 is 5.20. The highest BCUT2D eigenvalue weighted by molar-refractivity contribution is 5.94. The summed E-state index contributed by atoms with van der Waals surface area (Å²) in [7, 11) is 1.95. The molecule has 0 bridgehead atoms. The second-order valence-corrected chi connectivity index (χ2v) is 17.3. The number of anilines is 2. The van der Waals surface area contributed by atoms with Crippen molar-refractivity contribution in [3.63, 3.8) is 0 Å². The Kier molecular flexibility index (Phi) is 12.2. The van der Waals surface area contributed by atoms with Crippen molar-refractivity contribution in [2.24, 2.45) is 5.92 Å². The first-order chi connectivity index (χ1) is 29.9. The molecule has 0 aliphatic carbocycles. The van der Waals surface area contributed by atoms with E-state index < -0.39 is 5.91 Å². The highest BCUT2D eigenvalue weighted by atomic mass is 16.5. The van der Waals surface area contributed by atoms with Crippen LogP contribution in [0.2, 0.25) is 0 Å². The number of nitrogens with zero attached hydrogens (tertiary/aromatic N) is 8. The number of imide groups is 1. The zero-order valence-corrected chi connectivity index (χ0v) is 35.9. The first kappa shape index (κ1) is 42.0. The van der Waals surface area contributed by atoms with Gasteiger partial charge in [-0.25, -0.2) is 9.97 Å². The molecular formula is C47H53N11O4. The fourth-order valence-corrected chi connectivity index (χ4v) is 8.11. The molecule has 8 rings (SSSR count). The number of carbonyl (C=O) groups is 3. The molecule has 0 saturated carbocycles. The van der Waals surface area contributed by atoms with Gasteiger partial charge in [0.1, 0.15) is 12.0 Å². The fourth-order valence-electron chi connectivity index (χ4n) is 8.11. The SMILES string of the molecule is Cc1cc(-c2ncnc3[nH]c(-c4ccc(C5=CCN(CC6CCN(c7ccc(N(C)CCC(=O)NC=O)cc7)CC6)C5)nc4)cc23)ccc1CNC(=O)c1nc(C(C)(C)C)no1. The van der Waals surface area contributed by atoms with Crippen molar-refractivity contribution in [3.05, 3.63) is 108 Å². The van der Waals surface area contributed by atoms with E-state index in [4.69, 9.17) is 9.51 Å². The van der Waals surface area contributed by atoms with E-state index in [-0.39, 0.29) is 23.6 Å². The molecule has 4 aromatic heterocycles. The summed E-state index contributed by atoms with van der Waals surface area (Å²) in [5, 5.41) is 9.95. The zero-order chi connectivity index (χ0) is 43.4. The Bertz CT molecular complexity index is 2580. The van der Waals surface area contributed by atoms with Crippen LogP contribution in [-0.2, 0) is 21.5 Å². The van der Waals surface area contributed by atoms with Crippen LogP contribution in [0.1, 0.15) is 73.4 Å². The van der Waals surface area contributed by atoms with Gasteiger partial charge in [-0.3, -0.25) is 29.6 Å². The van der Waals surface area contributed by atoms with Crippen LogP contribution in [0.15, 0.2) is 83.8 Å². The number of hydrogen-bond donors (Lipinski definition) is 3. The minimum absolute atomic E-state index is 0.0479. The van der Waals surface area contributed by atoms with Crippen molar-refractivity contribution in [1.29, 1.82) is 0 Å². The van der Waals surface area contributed by atoms with E-state index in [0.717, 1.165) is 102 Å². The van der Waals surface area contributed by atoms with E-state index in [1.807, 2.05) is 58.0 Å². The molecule has 3 N–H and O–H groups in total. The Labute approximate surface area is 361 Å². The molecule has 15 nitrogen and oxygen atoms in total. The van der Waals surface area contributed by atoms with Gasteiger partial charge in [0.15, 0.2) is 5.82 Å². The van der Waals surface area contributed by atoms with Gasteiger partial charge in [-0.05, 0) is 90.9 Å². The van der Waals surface area contributed by atoms with E-state index in [9.17, 15) is 14.4 Å². The van der Waals surface area contributed by atoms with Crippen LogP contribution in [0.4, 0.5) is 11.4 Å². The fraction of sp³-hybridized carbons (Fsp3) is 0.362. The van der Waals surface area contributed by atoms with Crippen molar-refractivity contribution in [3.8, 4) is 22.5 Å². The Morgan fingerprint density at radius 3 is 2.50 bits per heavy atom. The van der Waals surface area contributed by atoms with E-state index in [0.29, 0.717) is 31.2 Å². The number of fused-ring (bicyclic) bond motifs is 1. The normalized spacial score (nSPS) is 14.9. The number of carbonyl (C=O) groups excluding carboxylic acids is 3. The lowest BCUT2D eigenvalue weighted by Gasteiger charge is -2.35. The smallest absolute Gasteiger partial charge is 0.315 e. The number of rotatable bonds is 14. The van der Waals surface area contributed by atoms with Crippen LogP contribution in [0.3, 0.4) is 0 Å². The van der Waals surface area contributed by atoms with Gasteiger partial charge in [0.25, 0.3) is 0 Å². The lowest BCUT2D eigenvalue weighted by atomic mass is 9.95. The Balaban J connectivity index is 0.828. The van der Waals surface area contributed by atoms with Crippen molar-refractivity contribution in [2.45, 2.75) is 58.9 Å². The van der Waals surface area contributed by atoms with Gasteiger partial charge < -0.3 is 24.6 Å². The van der Waals surface area contributed by atoms with Gasteiger partial charge >= 0.3 is 11.8 Å². The summed E-state index contributed by atoms with van der Waals surface area (Å²) in [6.07, 6.45) is 8.80. The number of aromatic amines is 1. The molecule has 2 aliphatic rings. The number of hydrogen-bond acceptors (Lipinski definition) is 12. The van der Waals surface area contributed by atoms with E-state index in [1.54, 1.807) is 6.33 Å². The van der Waals surface area contributed by atoms with Crippen LogP contribution in [0.25, 0.3) is 39.1 Å². The van der Waals surface area contributed by atoms with Gasteiger partial charge in [-0.15, -0.1) is 0 Å². The van der Waals surface area contributed by atoms with Gasteiger partial charge in [0.05, 0.1) is 11.4 Å². The number of H-pyrrole nitrogens is 1. The third-order valence-electron chi connectivity index (χ3n) is 11.8. The molecule has 2 aromatic carbocycles. The minimum atomic E-state index is -0.410. The molecule has 1 fully saturated rings. The van der Waals surface area contributed by atoms with Crippen molar-refractivity contribution in [1.82, 2.24) is 45.6 Å². The molecule has 3 amide bonds. The molecule has 0 spiro atoms.